The predicted octanol–water partition coefficient (Wildman–Crippen LogP) is 1.36. The van der Waals surface area contributed by atoms with Gasteiger partial charge in [0.1, 0.15) is 11.7 Å². The molecule has 1 aromatic rings. The molecule has 20 heavy (non-hydrogen) atoms. The van der Waals surface area contributed by atoms with Crippen molar-refractivity contribution in [1.82, 2.24) is 14.7 Å². The first kappa shape index (κ1) is 14.9. The van der Waals surface area contributed by atoms with Crippen molar-refractivity contribution in [2.75, 3.05) is 5.75 Å². The molecule has 1 aliphatic heterocycles. The maximum atomic E-state index is 12.7. The van der Waals surface area contributed by atoms with Gasteiger partial charge in [-0.2, -0.15) is 5.10 Å². The molecule has 0 aromatic carbocycles. The van der Waals surface area contributed by atoms with Crippen molar-refractivity contribution in [3.05, 3.63) is 17.5 Å². The van der Waals surface area contributed by atoms with Gasteiger partial charge in [0, 0.05) is 12.8 Å². The molecule has 1 aliphatic rings. The summed E-state index contributed by atoms with van der Waals surface area (Å²) in [6.45, 7) is 3.93. The van der Waals surface area contributed by atoms with Crippen molar-refractivity contribution in [3.8, 4) is 0 Å². The SMILES string of the molecule is CCc1cc(C(=O)N2C(CC)SCC2C(=O)O)n(C)n1. The highest BCUT2D eigenvalue weighted by Gasteiger charge is 2.41. The Morgan fingerprint density at radius 2 is 2.20 bits per heavy atom. The number of rotatable bonds is 4. The minimum Gasteiger partial charge on any atom is -0.480 e. The number of carboxylic acids is 1. The second-order valence-electron chi connectivity index (χ2n) is 4.76. The molecule has 1 amide bonds. The van der Waals surface area contributed by atoms with Crippen LogP contribution in [0.1, 0.15) is 36.5 Å². The largest absolute Gasteiger partial charge is 0.480 e. The molecule has 0 radical (unpaired) electrons. The van der Waals surface area contributed by atoms with Gasteiger partial charge in [-0.3, -0.25) is 9.48 Å². The van der Waals surface area contributed by atoms with Crippen molar-refractivity contribution < 1.29 is 14.7 Å². The first-order valence-electron chi connectivity index (χ1n) is 6.69. The van der Waals surface area contributed by atoms with Crippen LogP contribution in [0.2, 0.25) is 0 Å². The smallest absolute Gasteiger partial charge is 0.327 e. The van der Waals surface area contributed by atoms with E-state index in [4.69, 9.17) is 0 Å². The topological polar surface area (TPSA) is 75.4 Å². The van der Waals surface area contributed by atoms with Gasteiger partial charge in [0.2, 0.25) is 0 Å². The zero-order chi connectivity index (χ0) is 14.9. The van der Waals surface area contributed by atoms with Gasteiger partial charge in [-0.1, -0.05) is 13.8 Å². The van der Waals surface area contributed by atoms with Crippen LogP contribution in [0, 0.1) is 0 Å². The van der Waals surface area contributed by atoms with Crippen molar-refractivity contribution in [2.45, 2.75) is 38.1 Å². The van der Waals surface area contributed by atoms with E-state index in [0.29, 0.717) is 11.4 Å². The average Bonchev–Trinajstić information content (AvgIpc) is 3.00. The maximum absolute atomic E-state index is 12.7. The summed E-state index contributed by atoms with van der Waals surface area (Å²) in [5.41, 5.74) is 1.29. The van der Waals surface area contributed by atoms with E-state index in [1.54, 1.807) is 13.1 Å². The predicted molar refractivity (Wildman–Crippen MR) is 76.7 cm³/mol. The van der Waals surface area contributed by atoms with Crippen LogP contribution in [0.5, 0.6) is 0 Å². The number of carbonyl (C=O) groups excluding carboxylic acids is 1. The quantitative estimate of drug-likeness (QED) is 0.908. The lowest BCUT2D eigenvalue weighted by Crippen LogP contribution is -2.46. The molecule has 2 unspecified atom stereocenters. The number of carboxylic acid groups (broad SMARTS) is 1. The van der Waals surface area contributed by atoms with Crippen LogP contribution in [0.4, 0.5) is 0 Å². The Kier molecular flexibility index (Phi) is 4.37. The molecule has 0 bridgehead atoms. The van der Waals surface area contributed by atoms with Gasteiger partial charge in [0.25, 0.3) is 5.91 Å². The van der Waals surface area contributed by atoms with Gasteiger partial charge in [-0.15, -0.1) is 11.8 Å². The van der Waals surface area contributed by atoms with Crippen LogP contribution in [0.25, 0.3) is 0 Å². The van der Waals surface area contributed by atoms with Crippen molar-refractivity contribution in [2.24, 2.45) is 7.05 Å². The molecule has 7 heteroatoms. The Morgan fingerprint density at radius 1 is 1.50 bits per heavy atom. The molecule has 1 saturated heterocycles. The van der Waals surface area contributed by atoms with Gasteiger partial charge < -0.3 is 10.0 Å². The number of amides is 1. The highest BCUT2D eigenvalue weighted by Crippen LogP contribution is 2.32. The summed E-state index contributed by atoms with van der Waals surface area (Å²) in [5.74, 6) is -0.749. The summed E-state index contributed by atoms with van der Waals surface area (Å²) < 4.78 is 1.54. The number of aryl methyl sites for hydroxylation is 2. The third-order valence-corrected chi connectivity index (χ3v) is 4.93. The Morgan fingerprint density at radius 3 is 2.70 bits per heavy atom. The van der Waals surface area contributed by atoms with E-state index >= 15 is 0 Å². The number of carbonyl (C=O) groups is 2. The molecule has 2 atom stereocenters. The summed E-state index contributed by atoms with van der Waals surface area (Å²) in [6, 6.07) is 0.995. The van der Waals surface area contributed by atoms with Crippen molar-refractivity contribution in [1.29, 1.82) is 0 Å². The van der Waals surface area contributed by atoms with E-state index in [-0.39, 0.29) is 11.3 Å². The van der Waals surface area contributed by atoms with E-state index < -0.39 is 12.0 Å². The molecule has 1 fully saturated rings. The molecule has 2 rings (SSSR count). The van der Waals surface area contributed by atoms with Gasteiger partial charge >= 0.3 is 5.97 Å². The number of aliphatic carboxylic acids is 1. The number of nitrogens with zero attached hydrogens (tertiary/aromatic N) is 3. The molecular weight excluding hydrogens is 278 g/mol. The standard InChI is InChI=1S/C13H19N3O3S/c1-4-8-6-9(15(3)14-8)12(17)16-10(13(18)19)7-20-11(16)5-2/h6,10-11H,4-5,7H2,1-3H3,(H,18,19). The van der Waals surface area contributed by atoms with E-state index in [2.05, 4.69) is 5.10 Å². The minimum absolute atomic E-state index is 0.0800. The fraction of sp³-hybridized carbons (Fsp3) is 0.615. The fourth-order valence-electron chi connectivity index (χ4n) is 2.37. The Labute approximate surface area is 122 Å². The zero-order valence-corrected chi connectivity index (χ0v) is 12.7. The van der Waals surface area contributed by atoms with Crippen LogP contribution in [-0.4, -0.2) is 48.8 Å². The van der Waals surface area contributed by atoms with E-state index in [1.165, 1.54) is 21.3 Å². The molecule has 110 valence electrons. The molecule has 2 heterocycles. The molecule has 1 aromatic heterocycles. The Hall–Kier alpha value is -1.50. The first-order chi connectivity index (χ1) is 9.49. The molecule has 0 spiro atoms. The molecule has 0 aliphatic carbocycles. The zero-order valence-electron chi connectivity index (χ0n) is 11.9. The molecule has 0 saturated carbocycles. The number of hydrogen-bond donors (Lipinski definition) is 1. The highest BCUT2D eigenvalue weighted by molar-refractivity contribution is 8.00. The molecule has 6 nitrogen and oxygen atoms in total. The van der Waals surface area contributed by atoms with Crippen LogP contribution in [0.3, 0.4) is 0 Å². The van der Waals surface area contributed by atoms with E-state index in [1.807, 2.05) is 13.8 Å². The monoisotopic (exact) mass is 297 g/mol. The van der Waals surface area contributed by atoms with Crippen LogP contribution in [-0.2, 0) is 18.3 Å². The summed E-state index contributed by atoms with van der Waals surface area (Å²) in [5, 5.41) is 13.5. The second-order valence-corrected chi connectivity index (χ2v) is 5.97. The van der Waals surface area contributed by atoms with Gasteiger partial charge in [-0.05, 0) is 18.9 Å². The number of thioether (sulfide) groups is 1. The average molecular weight is 297 g/mol. The van der Waals surface area contributed by atoms with Gasteiger partial charge in [0.15, 0.2) is 0 Å². The van der Waals surface area contributed by atoms with Crippen LogP contribution in [0.15, 0.2) is 6.07 Å². The summed E-state index contributed by atoms with van der Waals surface area (Å²) in [6.07, 6.45) is 1.48. The first-order valence-corrected chi connectivity index (χ1v) is 7.74. The minimum atomic E-state index is -0.945. The van der Waals surface area contributed by atoms with Gasteiger partial charge in [-0.25, -0.2) is 4.79 Å². The van der Waals surface area contributed by atoms with Crippen molar-refractivity contribution in [3.63, 3.8) is 0 Å². The summed E-state index contributed by atoms with van der Waals surface area (Å²) in [7, 11) is 1.71. The number of hydrogen-bond acceptors (Lipinski definition) is 4. The summed E-state index contributed by atoms with van der Waals surface area (Å²) >= 11 is 1.52. The lowest BCUT2D eigenvalue weighted by Gasteiger charge is -2.26. The lowest BCUT2D eigenvalue weighted by molar-refractivity contribution is -0.141. The fourth-order valence-corrected chi connectivity index (χ4v) is 3.72. The number of aromatic nitrogens is 2. The van der Waals surface area contributed by atoms with Crippen LogP contribution >= 0.6 is 11.8 Å². The Balaban J connectivity index is 2.33. The third kappa shape index (κ3) is 2.54. The normalized spacial score (nSPS) is 22.2. The lowest BCUT2D eigenvalue weighted by atomic mass is 10.2. The summed E-state index contributed by atoms with van der Waals surface area (Å²) in [4.78, 5) is 25.5. The molecular formula is C13H19N3O3S. The van der Waals surface area contributed by atoms with Crippen LogP contribution < -0.4 is 0 Å². The van der Waals surface area contributed by atoms with Crippen molar-refractivity contribution >= 4 is 23.6 Å². The highest BCUT2D eigenvalue weighted by atomic mass is 32.2. The maximum Gasteiger partial charge on any atom is 0.327 e. The van der Waals surface area contributed by atoms with Gasteiger partial charge in [0.05, 0.1) is 11.1 Å². The Bertz CT molecular complexity index is 529. The second kappa shape index (κ2) is 5.87. The van der Waals surface area contributed by atoms with E-state index in [0.717, 1.165) is 18.5 Å². The third-order valence-electron chi connectivity index (χ3n) is 3.47. The molecule has 1 N–H and O–H groups in total. The van der Waals surface area contributed by atoms with E-state index in [9.17, 15) is 14.7 Å².